The van der Waals surface area contributed by atoms with E-state index in [2.05, 4.69) is 10.2 Å². The van der Waals surface area contributed by atoms with Gasteiger partial charge in [-0.1, -0.05) is 29.8 Å². The Labute approximate surface area is 98.4 Å². The summed E-state index contributed by atoms with van der Waals surface area (Å²) in [5, 5.41) is 7.42. The largest absolute Gasteiger partial charge is 0.298 e. The molecule has 0 saturated heterocycles. The topological polar surface area (TPSA) is 45.8 Å². The lowest BCUT2D eigenvalue weighted by Gasteiger charge is -2.02. The third-order valence-corrected chi connectivity index (χ3v) is 2.85. The van der Waals surface area contributed by atoms with Gasteiger partial charge >= 0.3 is 0 Å². The lowest BCUT2D eigenvalue weighted by molar-refractivity contribution is 0.112. The van der Waals surface area contributed by atoms with Gasteiger partial charge in [-0.3, -0.25) is 9.89 Å². The molecule has 1 N–H and O–H groups in total. The summed E-state index contributed by atoms with van der Waals surface area (Å²) in [4.78, 5) is 10.7. The minimum atomic E-state index is 0.618. The molecule has 0 spiro atoms. The lowest BCUT2D eigenvalue weighted by atomic mass is 10.1. The molecule has 0 radical (unpaired) electrons. The molecule has 0 bridgehead atoms. The van der Waals surface area contributed by atoms with Gasteiger partial charge in [0.15, 0.2) is 6.29 Å². The molecule has 0 unspecified atom stereocenters. The molecule has 0 saturated carbocycles. The molecule has 0 amide bonds. The summed E-state index contributed by atoms with van der Waals surface area (Å²) in [6.07, 6.45) is 3.88. The molecule has 0 aliphatic rings. The average molecular weight is 235 g/mol. The van der Waals surface area contributed by atoms with Crippen LogP contribution >= 0.6 is 11.6 Å². The summed E-state index contributed by atoms with van der Waals surface area (Å²) in [6, 6.07) is 7.71. The molecule has 2 aromatic rings. The number of H-pyrrole nitrogens is 1. The number of aldehydes is 1. The molecule has 1 heterocycles. The Hall–Kier alpha value is -1.61. The van der Waals surface area contributed by atoms with Crippen LogP contribution < -0.4 is 0 Å². The van der Waals surface area contributed by atoms with Crippen molar-refractivity contribution in [1.82, 2.24) is 10.2 Å². The fourth-order valence-electron chi connectivity index (χ4n) is 1.58. The van der Waals surface area contributed by atoms with Crippen LogP contribution in [0.5, 0.6) is 0 Å². The second-order valence-corrected chi connectivity index (χ2v) is 3.92. The molecule has 82 valence electrons. The quantitative estimate of drug-likeness (QED) is 0.827. The molecule has 1 aromatic carbocycles. The Morgan fingerprint density at radius 1 is 1.31 bits per heavy atom. The van der Waals surface area contributed by atoms with Crippen LogP contribution in [-0.4, -0.2) is 16.5 Å². The average Bonchev–Trinajstić information content (AvgIpc) is 2.75. The van der Waals surface area contributed by atoms with Gasteiger partial charge in [0.2, 0.25) is 0 Å². The van der Waals surface area contributed by atoms with Crippen molar-refractivity contribution in [2.24, 2.45) is 0 Å². The number of hydrogen-bond acceptors (Lipinski definition) is 2. The van der Waals surface area contributed by atoms with Crippen LogP contribution in [0.3, 0.4) is 0 Å². The second-order valence-electron chi connectivity index (χ2n) is 3.51. The van der Waals surface area contributed by atoms with Gasteiger partial charge in [0.05, 0.1) is 11.8 Å². The molecule has 0 aliphatic carbocycles. The summed E-state index contributed by atoms with van der Waals surface area (Å²) in [7, 11) is 0. The fourth-order valence-corrected chi connectivity index (χ4v) is 1.82. The van der Waals surface area contributed by atoms with Crippen LogP contribution in [0.4, 0.5) is 0 Å². The normalized spacial score (nSPS) is 10.3. The first-order chi connectivity index (χ1) is 7.81. The number of rotatable bonds is 4. The molecule has 2 rings (SSSR count). The van der Waals surface area contributed by atoms with E-state index in [1.54, 1.807) is 0 Å². The number of aromatic nitrogens is 2. The minimum absolute atomic E-state index is 0.618. The summed E-state index contributed by atoms with van der Waals surface area (Å²) in [5.41, 5.74) is 2.55. The molecule has 16 heavy (non-hydrogen) atoms. The highest BCUT2D eigenvalue weighted by atomic mass is 35.5. The Balaban J connectivity index is 2.08. The zero-order valence-electron chi connectivity index (χ0n) is 8.61. The first kappa shape index (κ1) is 10.9. The van der Waals surface area contributed by atoms with Gasteiger partial charge < -0.3 is 0 Å². The lowest BCUT2D eigenvalue weighted by Crippen LogP contribution is -1.95. The van der Waals surface area contributed by atoms with Gasteiger partial charge in [-0.05, 0) is 24.5 Å². The van der Waals surface area contributed by atoms with Crippen molar-refractivity contribution in [3.05, 3.63) is 52.3 Å². The van der Waals surface area contributed by atoms with Crippen molar-refractivity contribution in [2.45, 2.75) is 12.8 Å². The first-order valence-corrected chi connectivity index (χ1v) is 5.40. The van der Waals surface area contributed by atoms with Crippen molar-refractivity contribution < 1.29 is 4.79 Å². The maximum Gasteiger partial charge on any atom is 0.153 e. The number of benzene rings is 1. The fraction of sp³-hybridized carbons (Fsp3) is 0.167. The van der Waals surface area contributed by atoms with Gasteiger partial charge in [0.1, 0.15) is 0 Å². The molecule has 0 aliphatic heterocycles. The zero-order valence-corrected chi connectivity index (χ0v) is 9.37. The van der Waals surface area contributed by atoms with Crippen LogP contribution in [-0.2, 0) is 12.8 Å². The van der Waals surface area contributed by atoms with Gasteiger partial charge in [-0.25, -0.2) is 0 Å². The van der Waals surface area contributed by atoms with E-state index in [1.165, 1.54) is 6.20 Å². The first-order valence-electron chi connectivity index (χ1n) is 5.02. The van der Waals surface area contributed by atoms with Crippen LogP contribution in [0.2, 0.25) is 5.02 Å². The summed E-state index contributed by atoms with van der Waals surface area (Å²) < 4.78 is 0. The summed E-state index contributed by atoms with van der Waals surface area (Å²) >= 11 is 6.04. The van der Waals surface area contributed by atoms with E-state index >= 15 is 0 Å². The minimum Gasteiger partial charge on any atom is -0.298 e. The maximum absolute atomic E-state index is 10.7. The predicted molar refractivity (Wildman–Crippen MR) is 62.8 cm³/mol. The number of aromatic amines is 1. The van der Waals surface area contributed by atoms with Crippen molar-refractivity contribution >= 4 is 17.9 Å². The maximum atomic E-state index is 10.7. The Bertz CT molecular complexity index is 493. The Morgan fingerprint density at radius 3 is 2.88 bits per heavy atom. The van der Waals surface area contributed by atoms with Crippen LogP contribution in [0.25, 0.3) is 0 Å². The monoisotopic (exact) mass is 234 g/mol. The van der Waals surface area contributed by atoms with Gasteiger partial charge in [0.25, 0.3) is 0 Å². The molecule has 4 heteroatoms. The van der Waals surface area contributed by atoms with E-state index in [-0.39, 0.29) is 0 Å². The van der Waals surface area contributed by atoms with Gasteiger partial charge in [0, 0.05) is 10.7 Å². The highest BCUT2D eigenvalue weighted by Crippen LogP contribution is 2.17. The molecule has 1 aromatic heterocycles. The SMILES string of the molecule is O=Cc1cn[nH]c1CCc1ccccc1Cl. The van der Waals surface area contributed by atoms with Crippen molar-refractivity contribution in [1.29, 1.82) is 0 Å². The van der Waals surface area contributed by atoms with Gasteiger partial charge in [-0.15, -0.1) is 0 Å². The van der Waals surface area contributed by atoms with E-state index in [0.717, 1.165) is 35.4 Å². The predicted octanol–water partition coefficient (Wildman–Crippen LogP) is 2.66. The van der Waals surface area contributed by atoms with Crippen LogP contribution in [0.1, 0.15) is 21.6 Å². The smallest absolute Gasteiger partial charge is 0.153 e. The number of nitrogens with zero attached hydrogens (tertiary/aromatic N) is 1. The molecular weight excluding hydrogens is 224 g/mol. The molecular formula is C12H11ClN2O. The number of aryl methyl sites for hydroxylation is 2. The molecule has 3 nitrogen and oxygen atoms in total. The van der Waals surface area contributed by atoms with E-state index in [4.69, 9.17) is 11.6 Å². The third-order valence-electron chi connectivity index (χ3n) is 2.48. The second kappa shape index (κ2) is 4.94. The third kappa shape index (κ3) is 2.31. The van der Waals surface area contributed by atoms with E-state index in [9.17, 15) is 4.79 Å². The summed E-state index contributed by atoms with van der Waals surface area (Å²) in [6.45, 7) is 0. The van der Waals surface area contributed by atoms with E-state index < -0.39 is 0 Å². The number of carbonyl (C=O) groups excluding carboxylic acids is 1. The highest BCUT2D eigenvalue weighted by Gasteiger charge is 2.05. The van der Waals surface area contributed by atoms with Crippen molar-refractivity contribution in [3.8, 4) is 0 Å². The number of nitrogens with one attached hydrogen (secondary N) is 1. The van der Waals surface area contributed by atoms with Crippen LogP contribution in [0.15, 0.2) is 30.5 Å². The van der Waals surface area contributed by atoms with Crippen LogP contribution in [0, 0.1) is 0 Å². The van der Waals surface area contributed by atoms with Crippen molar-refractivity contribution in [3.63, 3.8) is 0 Å². The Morgan fingerprint density at radius 2 is 2.12 bits per heavy atom. The Kier molecular flexibility index (Phi) is 3.37. The highest BCUT2D eigenvalue weighted by molar-refractivity contribution is 6.31. The van der Waals surface area contributed by atoms with E-state index in [0.29, 0.717) is 5.56 Å². The number of carbonyl (C=O) groups is 1. The van der Waals surface area contributed by atoms with E-state index in [1.807, 2.05) is 24.3 Å². The summed E-state index contributed by atoms with van der Waals surface area (Å²) in [5.74, 6) is 0. The standard InChI is InChI=1S/C12H11ClN2O/c13-11-4-2-1-3-9(11)5-6-12-10(8-16)7-14-15-12/h1-4,7-8H,5-6H2,(H,14,15). The van der Waals surface area contributed by atoms with Gasteiger partial charge in [-0.2, -0.15) is 5.10 Å². The number of hydrogen-bond donors (Lipinski definition) is 1. The molecule has 0 fully saturated rings. The zero-order chi connectivity index (χ0) is 11.4. The van der Waals surface area contributed by atoms with Crippen molar-refractivity contribution in [2.75, 3.05) is 0 Å². The number of halogens is 1. The molecule has 0 atom stereocenters.